The molecule has 6 nitrogen and oxygen atoms in total. The second kappa shape index (κ2) is 9.22. The highest BCUT2D eigenvalue weighted by molar-refractivity contribution is 5.95. The Labute approximate surface area is 164 Å². The fourth-order valence-electron chi connectivity index (χ4n) is 2.23. The highest BCUT2D eigenvalue weighted by atomic mass is 19.4. The van der Waals surface area contributed by atoms with Gasteiger partial charge >= 0.3 is 12.1 Å². The maximum atomic E-state index is 12.7. The molecule has 1 atom stereocenters. The number of hydrogen-bond acceptors (Lipinski definition) is 5. The van der Waals surface area contributed by atoms with Crippen LogP contribution >= 0.6 is 0 Å². The van der Waals surface area contributed by atoms with Gasteiger partial charge in [-0.3, -0.25) is 9.59 Å². The molecule has 1 N–H and O–H groups in total. The molecule has 2 aromatic rings. The number of carbonyl (C=O) groups is 3. The van der Waals surface area contributed by atoms with Gasteiger partial charge in [0.2, 0.25) is 0 Å². The van der Waals surface area contributed by atoms with Crippen molar-refractivity contribution in [3.63, 3.8) is 0 Å². The van der Waals surface area contributed by atoms with Crippen LogP contribution in [0.3, 0.4) is 0 Å². The lowest BCUT2D eigenvalue weighted by molar-refractivity contribution is -0.155. The Hall–Kier alpha value is -3.36. The molecular formula is C20H18F3NO5. The van der Waals surface area contributed by atoms with E-state index >= 15 is 0 Å². The molecule has 0 saturated carbocycles. The lowest BCUT2D eigenvalue weighted by Gasteiger charge is -2.15. The van der Waals surface area contributed by atoms with Gasteiger partial charge < -0.3 is 14.8 Å². The van der Waals surface area contributed by atoms with Crippen molar-refractivity contribution >= 4 is 23.3 Å². The molecule has 9 heteroatoms. The quantitative estimate of drug-likeness (QED) is 0.555. The first-order chi connectivity index (χ1) is 13.6. The molecule has 154 valence electrons. The van der Waals surface area contributed by atoms with Crippen LogP contribution in [0.1, 0.15) is 29.8 Å². The van der Waals surface area contributed by atoms with Crippen molar-refractivity contribution in [2.45, 2.75) is 26.1 Å². The van der Waals surface area contributed by atoms with Crippen LogP contribution in [0.2, 0.25) is 0 Å². The molecule has 0 unspecified atom stereocenters. The Morgan fingerprint density at radius 2 is 1.72 bits per heavy atom. The topological polar surface area (TPSA) is 81.7 Å². The summed E-state index contributed by atoms with van der Waals surface area (Å²) in [6, 6.07) is 10.2. The number of nitrogens with one attached hydrogen (secondary N) is 1. The van der Waals surface area contributed by atoms with E-state index in [1.54, 1.807) is 0 Å². The van der Waals surface area contributed by atoms with Crippen LogP contribution in [-0.4, -0.2) is 30.4 Å². The van der Waals surface area contributed by atoms with Gasteiger partial charge in [-0.05, 0) is 56.3 Å². The Bertz CT molecular complexity index is 894. The van der Waals surface area contributed by atoms with Gasteiger partial charge in [-0.15, -0.1) is 0 Å². The van der Waals surface area contributed by atoms with Crippen molar-refractivity contribution in [2.75, 3.05) is 11.9 Å². The summed E-state index contributed by atoms with van der Waals surface area (Å²) in [5.41, 5.74) is -0.501. The van der Waals surface area contributed by atoms with E-state index in [1.807, 2.05) is 0 Å². The summed E-state index contributed by atoms with van der Waals surface area (Å²) in [7, 11) is 0. The minimum atomic E-state index is -4.54. The number of alkyl halides is 3. The molecule has 0 radical (unpaired) electrons. The molecule has 0 heterocycles. The van der Waals surface area contributed by atoms with E-state index in [0.29, 0.717) is 11.3 Å². The molecule has 2 aromatic carbocycles. The predicted molar refractivity (Wildman–Crippen MR) is 97.6 cm³/mol. The maximum Gasteiger partial charge on any atom is 0.416 e. The molecule has 1 amide bonds. The smallest absolute Gasteiger partial charge is 0.416 e. The van der Waals surface area contributed by atoms with Gasteiger partial charge in [0.05, 0.1) is 5.56 Å². The highest BCUT2D eigenvalue weighted by Crippen LogP contribution is 2.30. The lowest BCUT2D eigenvalue weighted by atomic mass is 10.1. The number of halogens is 3. The van der Waals surface area contributed by atoms with Crippen LogP contribution in [0.4, 0.5) is 18.9 Å². The minimum absolute atomic E-state index is 0.0745. The van der Waals surface area contributed by atoms with Gasteiger partial charge in [0.15, 0.2) is 18.5 Å². The molecule has 0 aromatic heterocycles. The average molecular weight is 409 g/mol. The van der Waals surface area contributed by atoms with E-state index in [2.05, 4.69) is 5.32 Å². The van der Waals surface area contributed by atoms with E-state index in [0.717, 1.165) is 18.2 Å². The van der Waals surface area contributed by atoms with Gasteiger partial charge in [0, 0.05) is 11.3 Å². The van der Waals surface area contributed by atoms with Crippen LogP contribution in [0.5, 0.6) is 5.75 Å². The summed E-state index contributed by atoms with van der Waals surface area (Å²) in [5, 5.41) is 2.26. The standard InChI is InChI=1S/C20H18F3NO5/c1-12(25)14-6-8-17(9-7-14)28-11-18(26)29-13(2)19(27)24-16-5-3-4-15(10-16)20(21,22)23/h3-10,13H,11H2,1-2H3,(H,24,27)/t13-/m0/s1. The van der Waals surface area contributed by atoms with E-state index in [-0.39, 0.29) is 11.5 Å². The number of rotatable bonds is 7. The molecule has 0 bridgehead atoms. The normalized spacial score (nSPS) is 12.0. The van der Waals surface area contributed by atoms with E-state index < -0.39 is 36.3 Å². The van der Waals surface area contributed by atoms with E-state index in [9.17, 15) is 27.6 Å². The average Bonchev–Trinajstić information content (AvgIpc) is 2.66. The Balaban J connectivity index is 1.85. The fraction of sp³-hybridized carbons (Fsp3) is 0.250. The van der Waals surface area contributed by atoms with Gasteiger partial charge in [-0.25, -0.2) is 4.79 Å². The van der Waals surface area contributed by atoms with Crippen LogP contribution in [0.25, 0.3) is 0 Å². The van der Waals surface area contributed by atoms with Crippen molar-refractivity contribution < 1.29 is 37.0 Å². The number of ketones is 1. The number of Topliss-reactive ketones (excluding diaryl/α,β-unsaturated/α-hetero) is 1. The first kappa shape index (κ1) is 21.9. The van der Waals surface area contributed by atoms with Crippen molar-refractivity contribution in [1.29, 1.82) is 0 Å². The summed E-state index contributed by atoms with van der Waals surface area (Å²) in [6.45, 7) is 2.21. The zero-order chi connectivity index (χ0) is 21.6. The maximum absolute atomic E-state index is 12.7. The van der Waals surface area contributed by atoms with Crippen LogP contribution in [0.15, 0.2) is 48.5 Å². The largest absolute Gasteiger partial charge is 0.482 e. The van der Waals surface area contributed by atoms with Crippen LogP contribution in [0, 0.1) is 0 Å². The monoisotopic (exact) mass is 409 g/mol. The molecule has 0 aliphatic rings. The van der Waals surface area contributed by atoms with Crippen molar-refractivity contribution in [3.8, 4) is 5.75 Å². The van der Waals surface area contributed by atoms with Crippen LogP contribution < -0.4 is 10.1 Å². The summed E-state index contributed by atoms with van der Waals surface area (Å²) in [6.07, 6.45) is -5.79. The van der Waals surface area contributed by atoms with Crippen LogP contribution in [-0.2, 0) is 20.5 Å². The zero-order valence-electron chi connectivity index (χ0n) is 15.6. The molecule has 0 spiro atoms. The summed E-state index contributed by atoms with van der Waals surface area (Å²) in [4.78, 5) is 35.1. The summed E-state index contributed by atoms with van der Waals surface area (Å²) >= 11 is 0. The number of esters is 1. The third kappa shape index (κ3) is 6.63. The molecule has 0 aliphatic heterocycles. The van der Waals surface area contributed by atoms with Gasteiger partial charge in [-0.1, -0.05) is 6.07 Å². The SMILES string of the molecule is CC(=O)c1ccc(OCC(=O)O[C@@H](C)C(=O)Nc2cccc(C(F)(F)F)c2)cc1. The number of carbonyl (C=O) groups excluding carboxylic acids is 3. The second-order valence-electron chi connectivity index (χ2n) is 6.07. The predicted octanol–water partition coefficient (Wildman–Crippen LogP) is 3.86. The Morgan fingerprint density at radius 1 is 1.07 bits per heavy atom. The number of anilines is 1. The van der Waals surface area contributed by atoms with E-state index in [1.165, 1.54) is 44.2 Å². The number of hydrogen-bond donors (Lipinski definition) is 1. The summed E-state index contributed by atoms with van der Waals surface area (Å²) in [5.74, 6) is -1.42. The number of amides is 1. The lowest BCUT2D eigenvalue weighted by Crippen LogP contribution is -2.31. The molecule has 0 fully saturated rings. The van der Waals surface area contributed by atoms with Gasteiger partial charge in [0.25, 0.3) is 5.91 Å². The molecular weight excluding hydrogens is 391 g/mol. The Kier molecular flexibility index (Phi) is 6.98. The zero-order valence-corrected chi connectivity index (χ0v) is 15.6. The molecule has 29 heavy (non-hydrogen) atoms. The Morgan fingerprint density at radius 3 is 2.31 bits per heavy atom. The molecule has 2 rings (SSSR count). The third-order valence-electron chi connectivity index (χ3n) is 3.75. The minimum Gasteiger partial charge on any atom is -0.482 e. The first-order valence-corrected chi connectivity index (χ1v) is 8.47. The molecule has 0 saturated heterocycles. The van der Waals surface area contributed by atoms with Gasteiger partial charge in [-0.2, -0.15) is 13.2 Å². The number of ether oxygens (including phenoxy) is 2. The third-order valence-corrected chi connectivity index (χ3v) is 3.75. The second-order valence-corrected chi connectivity index (χ2v) is 6.07. The van der Waals surface area contributed by atoms with Crippen molar-refractivity contribution in [2.24, 2.45) is 0 Å². The highest BCUT2D eigenvalue weighted by Gasteiger charge is 2.30. The van der Waals surface area contributed by atoms with Crippen molar-refractivity contribution in [3.05, 3.63) is 59.7 Å². The first-order valence-electron chi connectivity index (χ1n) is 8.47. The molecule has 0 aliphatic carbocycles. The van der Waals surface area contributed by atoms with Gasteiger partial charge in [0.1, 0.15) is 5.75 Å². The number of benzene rings is 2. The summed E-state index contributed by atoms with van der Waals surface area (Å²) < 4.78 is 48.3. The van der Waals surface area contributed by atoms with Crippen molar-refractivity contribution in [1.82, 2.24) is 0 Å². The fourth-order valence-corrected chi connectivity index (χ4v) is 2.23. The van der Waals surface area contributed by atoms with E-state index in [4.69, 9.17) is 9.47 Å².